The Hall–Kier alpha value is -2.59. The molecule has 0 amide bonds. The molecule has 0 bridgehead atoms. The van der Waals surface area contributed by atoms with Gasteiger partial charge in [0.2, 0.25) is 0 Å². The molecule has 1 atom stereocenters. The number of thioether (sulfide) groups is 1. The average Bonchev–Trinajstić information content (AvgIpc) is 3.26. The molecule has 4 rings (SSSR count). The zero-order valence-corrected chi connectivity index (χ0v) is 20.0. The van der Waals surface area contributed by atoms with Crippen molar-refractivity contribution in [2.24, 2.45) is 0 Å². The highest BCUT2D eigenvalue weighted by atomic mass is 32.2. The van der Waals surface area contributed by atoms with E-state index >= 15 is 0 Å². The molecule has 1 unspecified atom stereocenters. The Labute approximate surface area is 196 Å². The van der Waals surface area contributed by atoms with E-state index in [1.165, 1.54) is 48.1 Å². The van der Waals surface area contributed by atoms with E-state index in [0.29, 0.717) is 0 Å². The van der Waals surface area contributed by atoms with Crippen LogP contribution in [0.2, 0.25) is 0 Å². The molecular weight excluding hydrogens is 410 g/mol. The van der Waals surface area contributed by atoms with Gasteiger partial charge in [0.1, 0.15) is 10.4 Å². The van der Waals surface area contributed by atoms with Crippen molar-refractivity contribution >= 4 is 22.8 Å². The Bertz CT molecular complexity index is 1100. The van der Waals surface area contributed by atoms with Gasteiger partial charge >= 0.3 is 0 Å². The number of rotatable bonds is 11. The normalized spacial score (nSPS) is 13.3. The van der Waals surface area contributed by atoms with Crippen LogP contribution in [0.15, 0.2) is 83.8 Å². The van der Waals surface area contributed by atoms with Crippen molar-refractivity contribution in [2.45, 2.75) is 68.6 Å². The summed E-state index contributed by atoms with van der Waals surface area (Å²) >= 11 is 1.94. The first-order chi connectivity index (χ1) is 15.7. The molecule has 32 heavy (non-hydrogen) atoms. The van der Waals surface area contributed by atoms with Crippen LogP contribution < -0.4 is 0 Å². The van der Waals surface area contributed by atoms with Crippen molar-refractivity contribution in [1.82, 2.24) is 15.0 Å². The van der Waals surface area contributed by atoms with Crippen LogP contribution in [0, 0.1) is 6.92 Å². The van der Waals surface area contributed by atoms with Gasteiger partial charge in [-0.1, -0.05) is 116 Å². The highest BCUT2D eigenvalue weighted by Gasteiger charge is 2.36. The van der Waals surface area contributed by atoms with E-state index in [9.17, 15) is 0 Å². The Balaban J connectivity index is 1.76. The molecule has 0 fully saturated rings. The zero-order chi connectivity index (χ0) is 22.2. The van der Waals surface area contributed by atoms with Crippen LogP contribution in [-0.2, 0) is 11.3 Å². The summed E-state index contributed by atoms with van der Waals surface area (Å²) in [6, 6.07) is 28.1. The minimum Gasteiger partial charge on any atom is -0.228 e. The fraction of sp³-hybridized carbons (Fsp3) is 0.357. The number of hydrogen-bond donors (Lipinski definition) is 0. The molecule has 0 aliphatic carbocycles. The molecule has 0 aliphatic rings. The van der Waals surface area contributed by atoms with Gasteiger partial charge in [0.05, 0.1) is 5.52 Å². The Morgan fingerprint density at radius 1 is 0.812 bits per heavy atom. The largest absolute Gasteiger partial charge is 0.228 e. The van der Waals surface area contributed by atoms with E-state index in [1.807, 2.05) is 17.8 Å². The van der Waals surface area contributed by atoms with Crippen molar-refractivity contribution < 1.29 is 0 Å². The van der Waals surface area contributed by atoms with E-state index in [-0.39, 0.29) is 4.87 Å². The molecule has 0 aliphatic heterocycles. The van der Waals surface area contributed by atoms with E-state index in [4.69, 9.17) is 5.21 Å². The Morgan fingerprint density at radius 3 is 2.31 bits per heavy atom. The predicted molar refractivity (Wildman–Crippen MR) is 136 cm³/mol. The summed E-state index contributed by atoms with van der Waals surface area (Å²) in [6.45, 7) is 4.42. The average molecular weight is 444 g/mol. The SMILES string of the molecule is CCCCCCCC(Cc1ccccc1)(Sc1ccc(C)cc1)n1nnc2ccccc21. The summed E-state index contributed by atoms with van der Waals surface area (Å²) in [7, 11) is 0. The lowest BCUT2D eigenvalue weighted by Gasteiger charge is -2.34. The van der Waals surface area contributed by atoms with Gasteiger partial charge in [-0.15, -0.1) is 5.10 Å². The summed E-state index contributed by atoms with van der Waals surface area (Å²) in [6.07, 6.45) is 8.27. The number of benzene rings is 3. The number of para-hydroxylation sites is 1. The molecular formula is C28H33N3S. The van der Waals surface area contributed by atoms with Gasteiger partial charge in [-0.05, 0) is 43.2 Å². The fourth-order valence-electron chi connectivity index (χ4n) is 4.31. The van der Waals surface area contributed by atoms with Gasteiger partial charge in [-0.2, -0.15) is 0 Å². The van der Waals surface area contributed by atoms with Gasteiger partial charge in [0.25, 0.3) is 0 Å². The van der Waals surface area contributed by atoms with Gasteiger partial charge in [-0.3, -0.25) is 0 Å². The Morgan fingerprint density at radius 2 is 1.53 bits per heavy atom. The first-order valence-electron chi connectivity index (χ1n) is 11.8. The maximum absolute atomic E-state index is 4.74. The maximum Gasteiger partial charge on any atom is 0.119 e. The van der Waals surface area contributed by atoms with Gasteiger partial charge in [0.15, 0.2) is 0 Å². The second kappa shape index (κ2) is 10.8. The lowest BCUT2D eigenvalue weighted by molar-refractivity contribution is 0.357. The van der Waals surface area contributed by atoms with Crippen LogP contribution in [0.25, 0.3) is 11.0 Å². The van der Waals surface area contributed by atoms with Crippen LogP contribution in [0.4, 0.5) is 0 Å². The van der Waals surface area contributed by atoms with Crippen molar-refractivity contribution in [3.8, 4) is 0 Å². The number of aromatic nitrogens is 3. The molecule has 3 nitrogen and oxygen atoms in total. The summed E-state index contributed by atoms with van der Waals surface area (Å²) in [5, 5.41) is 9.28. The predicted octanol–water partition coefficient (Wildman–Crippen LogP) is 7.79. The molecule has 0 saturated carbocycles. The monoisotopic (exact) mass is 443 g/mol. The topological polar surface area (TPSA) is 30.7 Å². The van der Waals surface area contributed by atoms with Crippen molar-refractivity contribution in [3.63, 3.8) is 0 Å². The Kier molecular flexibility index (Phi) is 7.64. The minimum atomic E-state index is -0.237. The molecule has 1 aromatic heterocycles. The number of unbranched alkanes of at least 4 members (excludes halogenated alkanes) is 4. The number of aryl methyl sites for hydroxylation is 1. The maximum atomic E-state index is 4.74. The number of fused-ring (bicyclic) bond motifs is 1. The molecule has 3 aromatic carbocycles. The van der Waals surface area contributed by atoms with Crippen molar-refractivity contribution in [1.29, 1.82) is 0 Å². The second-order valence-electron chi connectivity index (χ2n) is 8.68. The van der Waals surface area contributed by atoms with Gasteiger partial charge in [0, 0.05) is 11.3 Å². The number of hydrogen-bond acceptors (Lipinski definition) is 3. The molecule has 166 valence electrons. The third-order valence-corrected chi connectivity index (χ3v) is 7.47. The highest BCUT2D eigenvalue weighted by Crippen LogP contribution is 2.45. The smallest absolute Gasteiger partial charge is 0.119 e. The zero-order valence-electron chi connectivity index (χ0n) is 19.2. The van der Waals surface area contributed by atoms with Crippen molar-refractivity contribution in [2.75, 3.05) is 0 Å². The highest BCUT2D eigenvalue weighted by molar-refractivity contribution is 8.00. The van der Waals surface area contributed by atoms with Crippen LogP contribution in [0.1, 0.15) is 56.6 Å². The van der Waals surface area contributed by atoms with Gasteiger partial charge in [-0.25, -0.2) is 4.68 Å². The minimum absolute atomic E-state index is 0.237. The van der Waals surface area contributed by atoms with Crippen LogP contribution in [0.3, 0.4) is 0 Å². The van der Waals surface area contributed by atoms with E-state index in [0.717, 1.165) is 23.9 Å². The third kappa shape index (κ3) is 5.42. The summed E-state index contributed by atoms with van der Waals surface area (Å²) < 4.78 is 2.21. The van der Waals surface area contributed by atoms with E-state index < -0.39 is 0 Å². The van der Waals surface area contributed by atoms with Crippen LogP contribution in [0.5, 0.6) is 0 Å². The van der Waals surface area contributed by atoms with Crippen molar-refractivity contribution in [3.05, 3.63) is 90.0 Å². The van der Waals surface area contributed by atoms with Gasteiger partial charge < -0.3 is 0 Å². The second-order valence-corrected chi connectivity index (χ2v) is 10.1. The van der Waals surface area contributed by atoms with Crippen LogP contribution in [-0.4, -0.2) is 15.0 Å². The lowest BCUT2D eigenvalue weighted by Crippen LogP contribution is -2.34. The first-order valence-corrected chi connectivity index (χ1v) is 12.6. The first kappa shape index (κ1) is 22.6. The van der Waals surface area contributed by atoms with E-state index in [2.05, 4.69) is 96.4 Å². The van der Waals surface area contributed by atoms with Crippen LogP contribution >= 0.6 is 11.8 Å². The molecule has 0 radical (unpaired) electrons. The molecule has 0 spiro atoms. The summed E-state index contributed by atoms with van der Waals surface area (Å²) in [5.41, 5.74) is 4.69. The molecule has 0 N–H and O–H groups in total. The number of nitrogens with zero attached hydrogens (tertiary/aromatic N) is 3. The third-order valence-electron chi connectivity index (χ3n) is 6.06. The lowest BCUT2D eigenvalue weighted by atomic mass is 9.98. The molecule has 4 aromatic rings. The summed E-state index contributed by atoms with van der Waals surface area (Å²) in [4.78, 5) is 1.04. The standard InChI is InChI=1S/C28H33N3S/c1-3-4-5-6-12-21-28(22-24-13-8-7-9-14-24,32-25-19-17-23(2)18-20-25)31-27-16-11-10-15-26(27)29-30-31/h7-11,13-20H,3-6,12,21-22H2,1-2H3. The molecule has 1 heterocycles. The quantitative estimate of drug-likeness (QED) is 0.175. The fourth-order valence-corrected chi connectivity index (χ4v) is 5.73. The van der Waals surface area contributed by atoms with E-state index in [1.54, 1.807) is 0 Å². The summed E-state index contributed by atoms with van der Waals surface area (Å²) in [5.74, 6) is 0. The molecule has 0 saturated heterocycles. The molecule has 4 heteroatoms.